The summed E-state index contributed by atoms with van der Waals surface area (Å²) in [5.74, 6) is 0. The highest BCUT2D eigenvalue weighted by Gasteiger charge is 2.00. The van der Waals surface area contributed by atoms with E-state index in [-0.39, 0.29) is 0 Å². The van der Waals surface area contributed by atoms with Crippen LogP contribution in [0.5, 0.6) is 0 Å². The minimum atomic E-state index is 0.432. The molecule has 0 spiro atoms. The molecule has 0 saturated carbocycles. The summed E-state index contributed by atoms with van der Waals surface area (Å²) in [6.07, 6.45) is 0. The molecule has 102 valence electrons. The van der Waals surface area contributed by atoms with Crippen LogP contribution in [0.1, 0.15) is 0 Å². The summed E-state index contributed by atoms with van der Waals surface area (Å²) in [6.45, 7) is 0. The van der Waals surface area contributed by atoms with Crippen molar-refractivity contribution in [2.75, 3.05) is 22.9 Å². The van der Waals surface area contributed by atoms with Crippen LogP contribution in [0.3, 0.4) is 0 Å². The zero-order valence-electron chi connectivity index (χ0n) is 9.83. The van der Waals surface area contributed by atoms with E-state index in [1.807, 2.05) is 0 Å². The minimum Gasteiger partial charge on any atom is -0.399 e. The molecule has 0 unspecified atom stereocenters. The maximum absolute atomic E-state index is 5.62. The van der Waals surface area contributed by atoms with Gasteiger partial charge in [0.25, 0.3) is 0 Å². The Morgan fingerprint density at radius 3 is 1.37 bits per heavy atom. The van der Waals surface area contributed by atoms with Crippen LogP contribution in [0.2, 0.25) is 15.1 Å². The van der Waals surface area contributed by atoms with Gasteiger partial charge in [0.1, 0.15) is 0 Å². The zero-order valence-corrected chi connectivity index (χ0v) is 12.1. The van der Waals surface area contributed by atoms with E-state index >= 15 is 0 Å². The van der Waals surface area contributed by atoms with Crippen LogP contribution in [0.25, 0.3) is 0 Å². The Kier molecular flexibility index (Phi) is 5.42. The second-order valence-electron chi connectivity index (χ2n) is 3.68. The van der Waals surface area contributed by atoms with Crippen molar-refractivity contribution in [1.29, 1.82) is 0 Å². The molecule has 2 rings (SSSR count). The van der Waals surface area contributed by atoms with Crippen molar-refractivity contribution in [1.82, 2.24) is 0 Å². The first-order chi connectivity index (χ1) is 8.81. The highest BCUT2D eigenvalue weighted by atomic mass is 35.5. The average molecular weight is 320 g/mol. The quantitative estimate of drug-likeness (QED) is 0.556. The number of nitrogens with two attached hydrogens (primary N) is 4. The number of hydrogen-bond acceptors (Lipinski definition) is 4. The van der Waals surface area contributed by atoms with Crippen LogP contribution in [0.15, 0.2) is 30.3 Å². The Morgan fingerprint density at radius 2 is 1.00 bits per heavy atom. The largest absolute Gasteiger partial charge is 0.399 e. The molecule has 0 fully saturated rings. The molecule has 7 heteroatoms. The molecule has 0 atom stereocenters. The Bertz CT molecular complexity index is 537. The van der Waals surface area contributed by atoms with Gasteiger partial charge < -0.3 is 22.9 Å². The van der Waals surface area contributed by atoms with Gasteiger partial charge in [-0.1, -0.05) is 34.8 Å². The molecule has 0 aromatic heterocycles. The SMILES string of the molecule is Nc1cc(Cl)c(N)cc1Cl.Nc1ccc(N)c(Cl)c1. The molecule has 4 nitrogen and oxygen atoms in total. The van der Waals surface area contributed by atoms with Gasteiger partial charge in [-0.2, -0.15) is 0 Å². The summed E-state index contributed by atoms with van der Waals surface area (Å²) in [5, 5.41) is 1.37. The number of anilines is 4. The molecule has 0 radical (unpaired) electrons. The first kappa shape index (κ1) is 15.6. The van der Waals surface area contributed by atoms with E-state index in [0.29, 0.717) is 37.8 Å². The van der Waals surface area contributed by atoms with Crippen molar-refractivity contribution in [3.8, 4) is 0 Å². The Labute approximate surface area is 126 Å². The molecular formula is C12H13Cl3N4. The van der Waals surface area contributed by atoms with Crippen molar-refractivity contribution in [3.63, 3.8) is 0 Å². The maximum Gasteiger partial charge on any atom is 0.0656 e. The van der Waals surface area contributed by atoms with Crippen LogP contribution in [-0.2, 0) is 0 Å². The third-order valence-corrected chi connectivity index (χ3v) is 3.12. The first-order valence-corrected chi connectivity index (χ1v) is 6.25. The molecule has 2 aromatic carbocycles. The highest BCUT2D eigenvalue weighted by Crippen LogP contribution is 2.28. The summed E-state index contributed by atoms with van der Waals surface area (Å²) in [4.78, 5) is 0. The summed E-state index contributed by atoms with van der Waals surface area (Å²) in [5.41, 5.74) is 23.7. The molecule has 0 aliphatic heterocycles. The average Bonchev–Trinajstić information content (AvgIpc) is 2.33. The highest BCUT2D eigenvalue weighted by molar-refractivity contribution is 6.36. The number of nitrogen functional groups attached to an aromatic ring is 4. The lowest BCUT2D eigenvalue weighted by Crippen LogP contribution is -1.90. The van der Waals surface area contributed by atoms with Crippen molar-refractivity contribution in [2.45, 2.75) is 0 Å². The van der Waals surface area contributed by atoms with Gasteiger partial charge in [0.2, 0.25) is 0 Å². The van der Waals surface area contributed by atoms with E-state index in [4.69, 9.17) is 57.7 Å². The van der Waals surface area contributed by atoms with Gasteiger partial charge in [-0.25, -0.2) is 0 Å². The Balaban J connectivity index is 0.000000191. The monoisotopic (exact) mass is 318 g/mol. The molecule has 8 N–H and O–H groups in total. The van der Waals surface area contributed by atoms with E-state index in [1.54, 1.807) is 18.2 Å². The third-order valence-electron chi connectivity index (χ3n) is 2.14. The molecule has 0 aliphatic rings. The predicted molar refractivity (Wildman–Crippen MR) is 85.6 cm³/mol. The topological polar surface area (TPSA) is 104 Å². The number of halogens is 3. The van der Waals surface area contributed by atoms with Gasteiger partial charge in [0.05, 0.1) is 32.1 Å². The molecule has 0 aliphatic carbocycles. The fourth-order valence-corrected chi connectivity index (χ4v) is 1.65. The van der Waals surface area contributed by atoms with Crippen molar-refractivity contribution < 1.29 is 0 Å². The molecule has 0 saturated heterocycles. The van der Waals surface area contributed by atoms with Crippen molar-refractivity contribution >= 4 is 57.6 Å². The Morgan fingerprint density at radius 1 is 0.579 bits per heavy atom. The van der Waals surface area contributed by atoms with Gasteiger partial charge in [-0.05, 0) is 30.3 Å². The van der Waals surface area contributed by atoms with Crippen LogP contribution in [0, 0.1) is 0 Å². The van der Waals surface area contributed by atoms with Crippen molar-refractivity contribution in [3.05, 3.63) is 45.4 Å². The van der Waals surface area contributed by atoms with Crippen molar-refractivity contribution in [2.24, 2.45) is 0 Å². The van der Waals surface area contributed by atoms with Gasteiger partial charge in [-0.15, -0.1) is 0 Å². The Hall–Kier alpha value is -1.49. The number of hydrogen-bond donors (Lipinski definition) is 4. The molecule has 19 heavy (non-hydrogen) atoms. The lowest BCUT2D eigenvalue weighted by molar-refractivity contribution is 1.66. The van der Waals surface area contributed by atoms with E-state index in [9.17, 15) is 0 Å². The summed E-state index contributed by atoms with van der Waals surface area (Å²) >= 11 is 16.9. The molecule has 0 amide bonds. The predicted octanol–water partition coefficient (Wildman–Crippen LogP) is 3.66. The zero-order chi connectivity index (χ0) is 14.6. The number of rotatable bonds is 0. The lowest BCUT2D eigenvalue weighted by Gasteiger charge is -2.00. The normalized spacial score (nSPS) is 9.63. The molecule has 2 aromatic rings. The van der Waals surface area contributed by atoms with Crippen LogP contribution >= 0.6 is 34.8 Å². The minimum absolute atomic E-state index is 0.432. The van der Waals surface area contributed by atoms with Gasteiger partial charge >= 0.3 is 0 Å². The first-order valence-electron chi connectivity index (χ1n) is 5.11. The summed E-state index contributed by atoms with van der Waals surface area (Å²) in [6, 6.07) is 8.06. The smallest absolute Gasteiger partial charge is 0.0656 e. The van der Waals surface area contributed by atoms with Gasteiger partial charge in [0.15, 0.2) is 0 Å². The lowest BCUT2D eigenvalue weighted by atomic mass is 10.3. The van der Waals surface area contributed by atoms with E-state index in [2.05, 4.69) is 0 Å². The molecule has 0 heterocycles. The standard InChI is InChI=1S/C6H6Cl2N2.C6H7ClN2/c7-3-1-5(9)4(8)2-6(3)10;7-5-3-4(8)1-2-6(5)9/h1-2H,9-10H2;1-3H,8-9H2. The summed E-state index contributed by atoms with van der Waals surface area (Å²) in [7, 11) is 0. The second-order valence-corrected chi connectivity index (χ2v) is 4.90. The molecule has 0 bridgehead atoms. The van der Waals surface area contributed by atoms with E-state index < -0.39 is 0 Å². The van der Waals surface area contributed by atoms with Crippen LogP contribution in [0.4, 0.5) is 22.7 Å². The maximum atomic E-state index is 5.62. The fourth-order valence-electron chi connectivity index (χ4n) is 1.12. The van der Waals surface area contributed by atoms with Crippen LogP contribution < -0.4 is 22.9 Å². The van der Waals surface area contributed by atoms with Gasteiger partial charge in [0, 0.05) is 5.69 Å². The second kappa shape index (κ2) is 6.61. The van der Waals surface area contributed by atoms with Crippen LogP contribution in [-0.4, -0.2) is 0 Å². The van der Waals surface area contributed by atoms with E-state index in [0.717, 1.165) is 0 Å². The fraction of sp³-hybridized carbons (Fsp3) is 0. The third kappa shape index (κ3) is 4.59. The molecular weight excluding hydrogens is 307 g/mol. The van der Waals surface area contributed by atoms with E-state index in [1.165, 1.54) is 12.1 Å². The summed E-state index contributed by atoms with van der Waals surface area (Å²) < 4.78 is 0. The number of benzene rings is 2. The van der Waals surface area contributed by atoms with Gasteiger partial charge in [-0.3, -0.25) is 0 Å².